The number of carbonyl (C=O) groups excluding carboxylic acids is 2. The molecule has 0 amide bonds. The number of ketones is 2. The molecule has 4 aliphatic rings. The third-order valence-corrected chi connectivity index (χ3v) is 7.31. The number of carbonyl (C=O) groups is 2. The van der Waals surface area contributed by atoms with E-state index >= 15 is 0 Å². The van der Waals surface area contributed by atoms with Crippen LogP contribution in [0.15, 0.2) is 48.3 Å². The van der Waals surface area contributed by atoms with Crippen LogP contribution in [0.2, 0.25) is 0 Å². The minimum absolute atomic E-state index is 0.0185. The van der Waals surface area contributed by atoms with Crippen LogP contribution in [0.25, 0.3) is 0 Å². The molecule has 0 aliphatic heterocycles. The summed E-state index contributed by atoms with van der Waals surface area (Å²) in [5, 5.41) is 0. The van der Waals surface area contributed by atoms with E-state index in [1.165, 1.54) is 42.7 Å². The molecule has 0 aromatic rings. The number of ether oxygens (including phenoxy) is 6. The van der Waals surface area contributed by atoms with Crippen LogP contribution in [0.5, 0.6) is 0 Å². The first-order valence-electron chi connectivity index (χ1n) is 10.3. The van der Waals surface area contributed by atoms with E-state index in [-0.39, 0.29) is 12.2 Å². The zero-order chi connectivity index (χ0) is 23.9. The molecule has 0 N–H and O–H groups in total. The Bertz CT molecular complexity index is 892. The average molecular weight is 449 g/mol. The maximum atomic E-state index is 14.2. The highest BCUT2D eigenvalue weighted by atomic mass is 16.7. The molecular weight excluding hydrogens is 416 g/mol. The molecule has 0 saturated heterocycles. The molecule has 0 aromatic carbocycles. The number of fused-ring (bicyclic) bond motifs is 1. The molecule has 4 aliphatic carbocycles. The van der Waals surface area contributed by atoms with Crippen LogP contribution < -0.4 is 0 Å². The van der Waals surface area contributed by atoms with Crippen molar-refractivity contribution in [1.82, 2.24) is 0 Å². The van der Waals surface area contributed by atoms with Crippen molar-refractivity contribution in [2.45, 2.75) is 30.5 Å². The first kappa shape index (κ1) is 24.5. The first-order chi connectivity index (χ1) is 15.3. The van der Waals surface area contributed by atoms with Gasteiger partial charge in [-0.25, -0.2) is 0 Å². The zero-order valence-corrected chi connectivity index (χ0v) is 19.7. The van der Waals surface area contributed by atoms with Crippen molar-refractivity contribution in [3.05, 3.63) is 48.3 Å². The van der Waals surface area contributed by atoms with Gasteiger partial charge in [0.05, 0.1) is 13.0 Å². The van der Waals surface area contributed by atoms with Gasteiger partial charge in [-0.3, -0.25) is 9.59 Å². The van der Waals surface area contributed by atoms with Crippen LogP contribution in [-0.2, 0) is 38.0 Å². The number of hydrogen-bond acceptors (Lipinski definition) is 8. The summed E-state index contributed by atoms with van der Waals surface area (Å²) in [6, 6.07) is 0. The maximum Gasteiger partial charge on any atom is 0.256 e. The fourth-order valence-electron chi connectivity index (χ4n) is 6.12. The third kappa shape index (κ3) is 2.55. The summed E-state index contributed by atoms with van der Waals surface area (Å²) in [7, 11) is 8.42. The quantitative estimate of drug-likeness (QED) is 0.392. The lowest BCUT2D eigenvalue weighted by Crippen LogP contribution is -2.81. The molecule has 4 rings (SSSR count). The molecule has 0 radical (unpaired) electrons. The van der Waals surface area contributed by atoms with Gasteiger partial charge in [0.2, 0.25) is 17.4 Å². The van der Waals surface area contributed by atoms with E-state index in [1.807, 2.05) is 19.1 Å². The van der Waals surface area contributed by atoms with E-state index in [2.05, 4.69) is 6.58 Å². The topological polar surface area (TPSA) is 89.5 Å². The van der Waals surface area contributed by atoms with Crippen molar-refractivity contribution in [3.8, 4) is 0 Å². The smallest absolute Gasteiger partial charge is 0.256 e. The van der Waals surface area contributed by atoms with Gasteiger partial charge in [-0.05, 0) is 31.1 Å². The summed E-state index contributed by atoms with van der Waals surface area (Å²) < 4.78 is 34.8. The minimum Gasteiger partial charge on any atom is -0.493 e. The lowest BCUT2D eigenvalue weighted by Gasteiger charge is -2.67. The summed E-state index contributed by atoms with van der Waals surface area (Å²) in [5.74, 6) is -6.00. The standard InChI is InChI=1S/C24H32O8/c1-9-11-15-13-22(28-4)20(26)23(29-5,30-6)17(15)18-21(22,12-10-2)14-16(27-3)19(25)24(18,31-7)32-8/h9-11,13-14,17-18H,2,12H2,1,3-8H3/b11-9+/t17-,18+,21+,22?/m1/s1. The predicted octanol–water partition coefficient (Wildman–Crippen LogP) is 2.36. The van der Waals surface area contributed by atoms with Crippen molar-refractivity contribution in [2.75, 3.05) is 42.7 Å². The van der Waals surface area contributed by atoms with Gasteiger partial charge in [-0.1, -0.05) is 18.2 Å². The Labute approximate surface area is 188 Å². The molecule has 8 heteroatoms. The van der Waals surface area contributed by atoms with Crippen molar-refractivity contribution in [1.29, 1.82) is 0 Å². The van der Waals surface area contributed by atoms with Crippen molar-refractivity contribution >= 4 is 11.6 Å². The Hall–Kier alpha value is -2.10. The number of Topliss-reactive ketones (excluding diaryl/α,β-unsaturated/α-hetero) is 2. The van der Waals surface area contributed by atoms with E-state index in [9.17, 15) is 9.59 Å². The van der Waals surface area contributed by atoms with Gasteiger partial charge in [-0.2, -0.15) is 0 Å². The molecule has 1 unspecified atom stereocenters. The SMILES string of the molecule is C=CC[C@]12C=C(OC)C(=O)C(OC)(OC)[C@H]1[C@H]1C(/C=C/C)=CC2(OC)C(=O)C1(OC)OC. The normalized spacial score (nSPS) is 34.8. The number of methoxy groups -OCH3 is 6. The Morgan fingerprint density at radius 2 is 1.53 bits per heavy atom. The van der Waals surface area contributed by atoms with Gasteiger partial charge >= 0.3 is 0 Å². The molecular formula is C24H32O8. The number of allylic oxidation sites excluding steroid dienone is 3. The lowest BCUT2D eigenvalue weighted by atomic mass is 9.41. The van der Waals surface area contributed by atoms with Crippen molar-refractivity contribution in [3.63, 3.8) is 0 Å². The molecule has 0 heterocycles. The second-order valence-corrected chi connectivity index (χ2v) is 8.10. The van der Waals surface area contributed by atoms with Crippen LogP contribution in [0.3, 0.4) is 0 Å². The Balaban J connectivity index is 2.59. The van der Waals surface area contributed by atoms with E-state index in [4.69, 9.17) is 28.4 Å². The second-order valence-electron chi connectivity index (χ2n) is 8.10. The molecule has 176 valence electrons. The summed E-state index contributed by atoms with van der Waals surface area (Å²) in [6.07, 6.45) is 9.09. The van der Waals surface area contributed by atoms with Gasteiger partial charge in [0.15, 0.2) is 11.4 Å². The second kappa shape index (κ2) is 8.35. The average Bonchev–Trinajstić information content (AvgIpc) is 2.81. The van der Waals surface area contributed by atoms with Crippen LogP contribution in [0.1, 0.15) is 13.3 Å². The molecule has 0 spiro atoms. The lowest BCUT2D eigenvalue weighted by molar-refractivity contribution is -0.329. The number of hydrogen-bond donors (Lipinski definition) is 0. The monoisotopic (exact) mass is 448 g/mol. The highest BCUT2D eigenvalue weighted by Gasteiger charge is 2.82. The van der Waals surface area contributed by atoms with Crippen LogP contribution in [0, 0.1) is 17.3 Å². The van der Waals surface area contributed by atoms with E-state index in [0.717, 1.165) is 0 Å². The van der Waals surface area contributed by atoms with E-state index in [0.29, 0.717) is 5.57 Å². The van der Waals surface area contributed by atoms with Gasteiger partial charge in [0, 0.05) is 46.9 Å². The summed E-state index contributed by atoms with van der Waals surface area (Å²) >= 11 is 0. The molecule has 1 saturated carbocycles. The molecule has 8 nitrogen and oxygen atoms in total. The predicted molar refractivity (Wildman–Crippen MR) is 115 cm³/mol. The Morgan fingerprint density at radius 1 is 0.938 bits per heavy atom. The molecule has 0 aromatic heterocycles. The first-order valence-corrected chi connectivity index (χ1v) is 10.3. The van der Waals surface area contributed by atoms with Crippen LogP contribution in [-0.4, -0.2) is 71.4 Å². The third-order valence-electron chi connectivity index (χ3n) is 7.31. The summed E-state index contributed by atoms with van der Waals surface area (Å²) in [4.78, 5) is 27.8. The Morgan fingerprint density at radius 3 is 1.97 bits per heavy atom. The molecule has 32 heavy (non-hydrogen) atoms. The van der Waals surface area contributed by atoms with E-state index in [1.54, 1.807) is 18.2 Å². The zero-order valence-electron chi connectivity index (χ0n) is 19.7. The molecule has 4 atom stereocenters. The summed E-state index contributed by atoms with van der Waals surface area (Å²) in [6.45, 7) is 5.77. The van der Waals surface area contributed by atoms with Gasteiger partial charge in [0.25, 0.3) is 5.78 Å². The van der Waals surface area contributed by atoms with Crippen molar-refractivity contribution in [2.24, 2.45) is 17.3 Å². The molecule has 1 fully saturated rings. The van der Waals surface area contributed by atoms with Gasteiger partial charge in [-0.15, -0.1) is 6.58 Å². The minimum atomic E-state index is -1.80. The number of rotatable bonds is 9. The van der Waals surface area contributed by atoms with Crippen LogP contribution >= 0.6 is 0 Å². The maximum absolute atomic E-state index is 14.2. The van der Waals surface area contributed by atoms with Crippen LogP contribution in [0.4, 0.5) is 0 Å². The largest absolute Gasteiger partial charge is 0.493 e. The fourth-order valence-corrected chi connectivity index (χ4v) is 6.12. The van der Waals surface area contributed by atoms with Gasteiger partial charge < -0.3 is 28.4 Å². The van der Waals surface area contributed by atoms with E-state index < -0.39 is 46.0 Å². The fraction of sp³-hybridized carbons (Fsp3) is 0.583. The van der Waals surface area contributed by atoms with Gasteiger partial charge in [0.1, 0.15) is 0 Å². The highest BCUT2D eigenvalue weighted by molar-refractivity contribution is 6.05. The van der Waals surface area contributed by atoms with Crippen molar-refractivity contribution < 1.29 is 38.0 Å². The highest BCUT2D eigenvalue weighted by Crippen LogP contribution is 2.68. The molecule has 2 bridgehead atoms. The summed E-state index contributed by atoms with van der Waals surface area (Å²) in [5.41, 5.74) is -2.01. The Kier molecular flexibility index (Phi) is 6.40.